The quantitative estimate of drug-likeness (QED) is 0.823. The molecule has 0 radical (unpaired) electrons. The zero-order valence-corrected chi connectivity index (χ0v) is 13.3. The summed E-state index contributed by atoms with van der Waals surface area (Å²) in [7, 11) is 0. The lowest BCUT2D eigenvalue weighted by Crippen LogP contribution is -2.24. The Bertz CT molecular complexity index is 605. The first-order valence-electron chi connectivity index (χ1n) is 6.88. The number of nitrogens with zero attached hydrogens (tertiary/aromatic N) is 1. The van der Waals surface area contributed by atoms with Gasteiger partial charge in [-0.25, -0.2) is 4.39 Å². The maximum Gasteiger partial charge on any atom is 0.141 e. The van der Waals surface area contributed by atoms with Crippen molar-refractivity contribution in [2.24, 2.45) is 0 Å². The summed E-state index contributed by atoms with van der Waals surface area (Å²) in [5.74, 6) is -0.340. The second kappa shape index (κ2) is 7.74. The van der Waals surface area contributed by atoms with E-state index in [0.717, 1.165) is 24.1 Å². The summed E-state index contributed by atoms with van der Waals surface area (Å²) in [6.45, 7) is 2.92. The average Bonchev–Trinajstić information content (AvgIpc) is 2.47. The maximum absolute atomic E-state index is 13.4. The fourth-order valence-corrected chi connectivity index (χ4v) is 2.55. The summed E-state index contributed by atoms with van der Waals surface area (Å²) < 4.78 is 13.4. The lowest BCUT2D eigenvalue weighted by molar-refractivity contribution is 0.521. The summed E-state index contributed by atoms with van der Waals surface area (Å²) in [6.07, 6.45) is 4.49. The monoisotopic (exact) mass is 326 g/mol. The molecule has 0 fully saturated rings. The van der Waals surface area contributed by atoms with Crippen LogP contribution in [0.1, 0.15) is 30.5 Å². The van der Waals surface area contributed by atoms with Gasteiger partial charge >= 0.3 is 0 Å². The first-order chi connectivity index (χ1) is 10.1. The lowest BCUT2D eigenvalue weighted by atomic mass is 10.00. The van der Waals surface area contributed by atoms with E-state index >= 15 is 0 Å². The highest BCUT2D eigenvalue weighted by molar-refractivity contribution is 6.33. The lowest BCUT2D eigenvalue weighted by Gasteiger charge is -2.19. The van der Waals surface area contributed by atoms with Crippen molar-refractivity contribution in [3.63, 3.8) is 0 Å². The van der Waals surface area contributed by atoms with Crippen LogP contribution in [0.5, 0.6) is 0 Å². The standard InChI is InChI=1S/C16H17Cl2FN2/c1-2-5-21-16(12-7-14(19)10-20-9-12)8-11-6-13(17)3-4-15(11)18/h3-4,6-7,9-10,16,21H,2,5,8H2,1H3. The van der Waals surface area contributed by atoms with E-state index in [-0.39, 0.29) is 11.9 Å². The average molecular weight is 327 g/mol. The molecule has 0 bridgehead atoms. The molecule has 2 nitrogen and oxygen atoms in total. The van der Waals surface area contributed by atoms with E-state index < -0.39 is 0 Å². The third-order valence-electron chi connectivity index (χ3n) is 3.20. The predicted molar refractivity (Wildman–Crippen MR) is 85.4 cm³/mol. The van der Waals surface area contributed by atoms with Gasteiger partial charge in [-0.2, -0.15) is 0 Å². The zero-order chi connectivity index (χ0) is 15.2. The molecule has 21 heavy (non-hydrogen) atoms. The van der Waals surface area contributed by atoms with Crippen molar-refractivity contribution in [3.05, 3.63) is 63.6 Å². The molecule has 0 aliphatic heterocycles. The Kier molecular flexibility index (Phi) is 5.97. The van der Waals surface area contributed by atoms with Gasteiger partial charge in [-0.05, 0) is 54.8 Å². The molecule has 2 aromatic rings. The largest absolute Gasteiger partial charge is 0.310 e. The van der Waals surface area contributed by atoms with Crippen LogP contribution in [0.3, 0.4) is 0 Å². The predicted octanol–water partition coefficient (Wildman–Crippen LogP) is 4.81. The molecule has 1 aromatic heterocycles. The number of nitrogens with one attached hydrogen (secondary N) is 1. The van der Waals surface area contributed by atoms with Gasteiger partial charge in [0, 0.05) is 22.3 Å². The number of halogens is 3. The molecule has 0 aliphatic carbocycles. The molecule has 1 aromatic carbocycles. The van der Waals surface area contributed by atoms with Crippen molar-refractivity contribution >= 4 is 23.2 Å². The molecule has 0 spiro atoms. The minimum atomic E-state index is -0.340. The van der Waals surface area contributed by atoms with Crippen molar-refractivity contribution in [3.8, 4) is 0 Å². The van der Waals surface area contributed by atoms with E-state index in [1.165, 1.54) is 12.3 Å². The molecule has 0 saturated heterocycles. The van der Waals surface area contributed by atoms with Crippen molar-refractivity contribution in [2.45, 2.75) is 25.8 Å². The van der Waals surface area contributed by atoms with E-state index in [9.17, 15) is 4.39 Å². The number of benzene rings is 1. The van der Waals surface area contributed by atoms with Gasteiger partial charge in [-0.3, -0.25) is 4.98 Å². The van der Waals surface area contributed by atoms with Crippen LogP contribution in [-0.2, 0) is 6.42 Å². The molecule has 1 heterocycles. The molecular formula is C16H17Cl2FN2. The fraction of sp³-hybridized carbons (Fsp3) is 0.312. The van der Waals surface area contributed by atoms with E-state index in [0.29, 0.717) is 16.5 Å². The van der Waals surface area contributed by atoms with Crippen molar-refractivity contribution < 1.29 is 4.39 Å². The first kappa shape index (κ1) is 16.2. The molecule has 0 aliphatic rings. The summed E-state index contributed by atoms with van der Waals surface area (Å²) in [5, 5.41) is 4.70. The summed E-state index contributed by atoms with van der Waals surface area (Å²) in [5.41, 5.74) is 1.74. The molecule has 1 unspecified atom stereocenters. The van der Waals surface area contributed by atoms with Crippen molar-refractivity contribution in [1.82, 2.24) is 10.3 Å². The Morgan fingerprint density at radius 3 is 2.76 bits per heavy atom. The molecule has 5 heteroatoms. The topological polar surface area (TPSA) is 24.9 Å². The van der Waals surface area contributed by atoms with Gasteiger partial charge in [0.2, 0.25) is 0 Å². The van der Waals surface area contributed by atoms with Crippen LogP contribution in [0.4, 0.5) is 4.39 Å². The van der Waals surface area contributed by atoms with Crippen LogP contribution in [-0.4, -0.2) is 11.5 Å². The van der Waals surface area contributed by atoms with Crippen LogP contribution in [0.15, 0.2) is 36.7 Å². The Hall–Kier alpha value is -1.16. The number of pyridine rings is 1. The molecule has 1 N–H and O–H groups in total. The van der Waals surface area contributed by atoms with E-state index in [1.807, 2.05) is 6.07 Å². The van der Waals surface area contributed by atoms with Gasteiger partial charge in [0.15, 0.2) is 0 Å². The number of aromatic nitrogens is 1. The number of hydrogen-bond acceptors (Lipinski definition) is 2. The van der Waals surface area contributed by atoms with Gasteiger partial charge in [0.05, 0.1) is 6.20 Å². The summed E-state index contributed by atoms with van der Waals surface area (Å²) in [4.78, 5) is 3.92. The zero-order valence-electron chi connectivity index (χ0n) is 11.7. The normalized spacial score (nSPS) is 12.4. The van der Waals surface area contributed by atoms with Gasteiger partial charge in [-0.15, -0.1) is 0 Å². The first-order valence-corrected chi connectivity index (χ1v) is 7.63. The highest BCUT2D eigenvalue weighted by Gasteiger charge is 2.15. The molecule has 112 valence electrons. The molecule has 1 atom stereocenters. The van der Waals surface area contributed by atoms with Crippen LogP contribution in [0, 0.1) is 5.82 Å². The van der Waals surface area contributed by atoms with Crippen LogP contribution < -0.4 is 5.32 Å². The van der Waals surface area contributed by atoms with E-state index in [2.05, 4.69) is 17.2 Å². The minimum absolute atomic E-state index is 0.0517. The second-order valence-corrected chi connectivity index (χ2v) is 5.73. The molecule has 0 amide bonds. The maximum atomic E-state index is 13.4. The van der Waals surface area contributed by atoms with Crippen molar-refractivity contribution in [2.75, 3.05) is 6.54 Å². The second-order valence-electron chi connectivity index (χ2n) is 4.88. The smallest absolute Gasteiger partial charge is 0.141 e. The Morgan fingerprint density at radius 1 is 1.24 bits per heavy atom. The van der Waals surface area contributed by atoms with Crippen LogP contribution in [0.2, 0.25) is 10.0 Å². The van der Waals surface area contributed by atoms with E-state index in [1.54, 1.807) is 18.3 Å². The molecule has 2 rings (SSSR count). The van der Waals surface area contributed by atoms with Gasteiger partial charge in [-0.1, -0.05) is 30.1 Å². The van der Waals surface area contributed by atoms with Gasteiger partial charge in [0.25, 0.3) is 0 Å². The summed E-state index contributed by atoms with van der Waals surface area (Å²) >= 11 is 12.2. The van der Waals surface area contributed by atoms with Gasteiger partial charge in [0.1, 0.15) is 5.82 Å². The van der Waals surface area contributed by atoms with Crippen LogP contribution >= 0.6 is 23.2 Å². The summed E-state index contributed by atoms with van der Waals surface area (Å²) in [6, 6.07) is 6.82. The third kappa shape index (κ3) is 4.67. The number of hydrogen-bond donors (Lipinski definition) is 1. The van der Waals surface area contributed by atoms with Crippen molar-refractivity contribution in [1.29, 1.82) is 0 Å². The SMILES string of the molecule is CCCNC(Cc1cc(Cl)ccc1Cl)c1cncc(F)c1. The molecule has 0 saturated carbocycles. The third-order valence-corrected chi connectivity index (χ3v) is 3.80. The Balaban J connectivity index is 2.25. The fourth-order valence-electron chi connectivity index (χ4n) is 2.16. The highest BCUT2D eigenvalue weighted by atomic mass is 35.5. The van der Waals surface area contributed by atoms with Crippen LogP contribution in [0.25, 0.3) is 0 Å². The Labute approximate surface area is 134 Å². The minimum Gasteiger partial charge on any atom is -0.310 e. The molecular weight excluding hydrogens is 310 g/mol. The highest BCUT2D eigenvalue weighted by Crippen LogP contribution is 2.26. The van der Waals surface area contributed by atoms with E-state index in [4.69, 9.17) is 23.2 Å². The number of rotatable bonds is 6. The Morgan fingerprint density at radius 2 is 2.05 bits per heavy atom. The van der Waals surface area contributed by atoms with Gasteiger partial charge < -0.3 is 5.32 Å².